The molecule has 0 N–H and O–H groups in total. The van der Waals surface area contributed by atoms with E-state index in [4.69, 9.17) is 0 Å². The summed E-state index contributed by atoms with van der Waals surface area (Å²) in [5.41, 5.74) is 0.663. The molecule has 0 spiro atoms. The maximum atomic E-state index is 12.0. The Hall–Kier alpha value is -1.73. The molecule has 0 fully saturated rings. The van der Waals surface area contributed by atoms with Crippen LogP contribution in [0.5, 0.6) is 0 Å². The van der Waals surface area contributed by atoms with Gasteiger partial charge in [-0.15, -0.1) is 15.7 Å². The molecule has 1 aromatic heterocycles. The number of sulfonamides is 1. The minimum atomic E-state index is -3.55. The van der Waals surface area contributed by atoms with E-state index in [1.54, 1.807) is 29.5 Å². The second-order valence-electron chi connectivity index (χ2n) is 4.59. The van der Waals surface area contributed by atoms with Crippen molar-refractivity contribution >= 4 is 27.2 Å². The average molecular weight is 307 g/mol. The molecule has 0 saturated carbocycles. The highest BCUT2D eigenvalue weighted by Gasteiger charge is 2.30. The molecule has 0 bridgehead atoms. The first-order chi connectivity index (χ1) is 9.47. The van der Waals surface area contributed by atoms with Crippen molar-refractivity contribution in [3.8, 4) is 0 Å². The quantitative estimate of drug-likeness (QED) is 0.851. The molecule has 3 rings (SSSR count). The minimum Gasteiger partial charge on any atom is -0.353 e. The van der Waals surface area contributed by atoms with Crippen LogP contribution in [0.25, 0.3) is 0 Å². The molecule has 0 amide bonds. The largest absolute Gasteiger partial charge is 0.353 e. The van der Waals surface area contributed by atoms with Crippen molar-refractivity contribution in [2.45, 2.75) is 18.4 Å². The second-order valence-corrected chi connectivity index (χ2v) is 7.48. The zero-order valence-electron chi connectivity index (χ0n) is 11.1. The summed E-state index contributed by atoms with van der Waals surface area (Å²) >= 11 is 1.60. The molecule has 0 radical (unpaired) electrons. The lowest BCUT2D eigenvalue weighted by atomic mass is 10.2. The number of nitrogens with zero attached hydrogens (tertiary/aromatic N) is 3. The first-order valence-corrected chi connectivity index (χ1v) is 8.30. The smallest absolute Gasteiger partial charge is 0.285 e. The van der Waals surface area contributed by atoms with Crippen LogP contribution in [0, 0.1) is 6.92 Å². The Kier molecular flexibility index (Phi) is 3.10. The van der Waals surface area contributed by atoms with Crippen LogP contribution in [0.3, 0.4) is 0 Å². The number of hydrogen-bond acceptors (Lipinski definition) is 5. The maximum absolute atomic E-state index is 12.0. The van der Waals surface area contributed by atoms with Crippen LogP contribution >= 0.6 is 11.3 Å². The van der Waals surface area contributed by atoms with E-state index in [9.17, 15) is 8.42 Å². The molecular formula is C13H13N3O2S2. The fraction of sp³-hybridized carbons (Fsp3) is 0.231. The number of benzene rings is 1. The van der Waals surface area contributed by atoms with Gasteiger partial charge in [-0.3, -0.25) is 0 Å². The van der Waals surface area contributed by atoms with E-state index in [0.29, 0.717) is 17.9 Å². The van der Waals surface area contributed by atoms with Gasteiger partial charge in [-0.25, -0.2) is 4.98 Å². The highest BCUT2D eigenvalue weighted by Crippen LogP contribution is 2.27. The lowest BCUT2D eigenvalue weighted by molar-refractivity contribution is 0.507. The van der Waals surface area contributed by atoms with Crippen LogP contribution in [0.1, 0.15) is 15.4 Å². The molecule has 2 heterocycles. The van der Waals surface area contributed by atoms with Gasteiger partial charge < -0.3 is 4.90 Å². The number of hydrogen-bond donors (Lipinski definition) is 0. The molecule has 1 aliphatic heterocycles. The van der Waals surface area contributed by atoms with Gasteiger partial charge in [-0.05, 0) is 19.1 Å². The number of thiazole rings is 1. The number of aromatic nitrogens is 1. The highest BCUT2D eigenvalue weighted by molar-refractivity contribution is 7.90. The molecule has 0 aliphatic carbocycles. The predicted molar refractivity (Wildman–Crippen MR) is 78.5 cm³/mol. The fourth-order valence-corrected chi connectivity index (χ4v) is 4.25. The Morgan fingerprint density at radius 3 is 2.75 bits per heavy atom. The predicted octanol–water partition coefficient (Wildman–Crippen LogP) is 2.03. The van der Waals surface area contributed by atoms with Gasteiger partial charge in [-0.1, -0.05) is 12.1 Å². The molecule has 1 aliphatic rings. The Balaban J connectivity index is 1.95. The van der Waals surface area contributed by atoms with Gasteiger partial charge in [0, 0.05) is 23.7 Å². The summed E-state index contributed by atoms with van der Waals surface area (Å²) in [5, 5.41) is 0.995. The van der Waals surface area contributed by atoms with Gasteiger partial charge in [0.15, 0.2) is 5.84 Å². The third-order valence-corrected chi connectivity index (χ3v) is 5.26. The zero-order chi connectivity index (χ0) is 14.3. The number of amidine groups is 1. The summed E-state index contributed by atoms with van der Waals surface area (Å²) < 4.78 is 27.9. The van der Waals surface area contributed by atoms with Crippen molar-refractivity contribution in [1.82, 2.24) is 9.88 Å². The summed E-state index contributed by atoms with van der Waals surface area (Å²) in [7, 11) is -1.71. The highest BCUT2D eigenvalue weighted by atomic mass is 32.2. The lowest BCUT2D eigenvalue weighted by Gasteiger charge is -2.17. The van der Waals surface area contributed by atoms with Gasteiger partial charge in [0.1, 0.15) is 4.90 Å². The molecule has 104 valence electrons. The van der Waals surface area contributed by atoms with E-state index in [2.05, 4.69) is 9.38 Å². The van der Waals surface area contributed by atoms with Crippen LogP contribution in [-0.4, -0.2) is 31.2 Å². The first-order valence-electron chi connectivity index (χ1n) is 6.04. The molecule has 20 heavy (non-hydrogen) atoms. The Morgan fingerprint density at radius 2 is 2.05 bits per heavy atom. The van der Waals surface area contributed by atoms with E-state index in [1.165, 1.54) is 0 Å². The summed E-state index contributed by atoms with van der Waals surface area (Å²) in [6.45, 7) is 2.54. The van der Waals surface area contributed by atoms with Crippen LogP contribution in [-0.2, 0) is 16.6 Å². The summed E-state index contributed by atoms with van der Waals surface area (Å²) in [6, 6.07) is 6.90. The number of fused-ring (bicyclic) bond motifs is 1. The zero-order valence-corrected chi connectivity index (χ0v) is 12.7. The number of rotatable bonds is 2. The van der Waals surface area contributed by atoms with E-state index < -0.39 is 10.0 Å². The SMILES string of the molecule is Cc1ncc(CN(C)C2=NS(=O)(=O)c3ccccc32)s1. The van der Waals surface area contributed by atoms with E-state index in [-0.39, 0.29) is 4.90 Å². The normalized spacial score (nSPS) is 15.8. The van der Waals surface area contributed by atoms with Gasteiger partial charge in [-0.2, -0.15) is 8.42 Å². The third-order valence-electron chi connectivity index (χ3n) is 3.04. The minimum absolute atomic E-state index is 0.280. The van der Waals surface area contributed by atoms with Crippen LogP contribution in [0.4, 0.5) is 0 Å². The molecule has 5 nitrogen and oxygen atoms in total. The molecule has 2 aromatic rings. The van der Waals surface area contributed by atoms with Crippen LogP contribution < -0.4 is 0 Å². The third kappa shape index (κ3) is 2.23. The average Bonchev–Trinajstić information content (AvgIpc) is 2.92. The van der Waals surface area contributed by atoms with Gasteiger partial charge >= 0.3 is 0 Å². The monoisotopic (exact) mass is 307 g/mol. The Labute approximate surface area is 121 Å². The summed E-state index contributed by atoms with van der Waals surface area (Å²) in [6.07, 6.45) is 1.81. The van der Waals surface area contributed by atoms with Gasteiger partial charge in [0.25, 0.3) is 10.0 Å². The maximum Gasteiger partial charge on any atom is 0.285 e. The summed E-state index contributed by atoms with van der Waals surface area (Å²) in [5.74, 6) is 0.492. The van der Waals surface area contributed by atoms with E-state index in [1.807, 2.05) is 31.1 Å². The van der Waals surface area contributed by atoms with Gasteiger partial charge in [0.2, 0.25) is 0 Å². The molecule has 0 unspecified atom stereocenters. The molecule has 0 saturated heterocycles. The fourth-order valence-electron chi connectivity index (χ4n) is 2.15. The van der Waals surface area contributed by atoms with Crippen molar-refractivity contribution in [3.05, 3.63) is 45.9 Å². The summed E-state index contributed by atoms with van der Waals surface area (Å²) in [4.78, 5) is 7.40. The molecule has 0 atom stereocenters. The first kappa shape index (κ1) is 13.3. The van der Waals surface area contributed by atoms with Crippen LogP contribution in [0.2, 0.25) is 0 Å². The van der Waals surface area contributed by atoms with Crippen LogP contribution in [0.15, 0.2) is 39.8 Å². The van der Waals surface area contributed by atoms with E-state index >= 15 is 0 Å². The van der Waals surface area contributed by atoms with Crippen molar-refractivity contribution < 1.29 is 8.42 Å². The molecule has 1 aromatic carbocycles. The van der Waals surface area contributed by atoms with Crippen molar-refractivity contribution in [3.63, 3.8) is 0 Å². The van der Waals surface area contributed by atoms with Gasteiger partial charge in [0.05, 0.1) is 11.6 Å². The second kappa shape index (κ2) is 4.68. The van der Waals surface area contributed by atoms with Crippen molar-refractivity contribution in [2.24, 2.45) is 4.40 Å². The Bertz CT molecular complexity index is 793. The lowest BCUT2D eigenvalue weighted by Crippen LogP contribution is -2.25. The van der Waals surface area contributed by atoms with Crippen molar-refractivity contribution in [2.75, 3.05) is 7.05 Å². The standard InChI is InChI=1S/C13H13N3O2S2/c1-9-14-7-10(19-9)8-16(2)13-11-5-3-4-6-12(11)20(17,18)15-13/h3-7H,8H2,1-2H3. The van der Waals surface area contributed by atoms with Crippen molar-refractivity contribution in [1.29, 1.82) is 0 Å². The Morgan fingerprint density at radius 1 is 1.30 bits per heavy atom. The molecular weight excluding hydrogens is 294 g/mol. The number of aryl methyl sites for hydroxylation is 1. The topological polar surface area (TPSA) is 62.6 Å². The molecule has 7 heteroatoms. The van der Waals surface area contributed by atoms with E-state index in [0.717, 1.165) is 9.88 Å².